The lowest BCUT2D eigenvalue weighted by Crippen LogP contribution is -2.32. The molecule has 0 spiro atoms. The van der Waals surface area contributed by atoms with Crippen molar-refractivity contribution in [1.82, 2.24) is 4.90 Å². The Balaban J connectivity index is 3.32. The lowest BCUT2D eigenvalue weighted by atomic mass is 10.1. The highest BCUT2D eigenvalue weighted by atomic mass is 79.9. The Bertz CT molecular complexity index is 182. The van der Waals surface area contributed by atoms with E-state index < -0.39 is 0 Å². The van der Waals surface area contributed by atoms with Crippen molar-refractivity contribution in [3.8, 4) is 0 Å². The molecule has 0 heterocycles. The Morgan fingerprint density at radius 3 is 1.60 bits per heavy atom. The third-order valence-electron chi connectivity index (χ3n) is 4.11. The molecule has 0 aromatic carbocycles. The predicted molar refractivity (Wildman–Crippen MR) is 97.0 cm³/mol. The van der Waals surface area contributed by atoms with Gasteiger partial charge in [0.15, 0.2) is 0 Å². The molecule has 0 rings (SSSR count). The molecule has 0 N–H and O–H groups in total. The summed E-state index contributed by atoms with van der Waals surface area (Å²) in [6.45, 7) is 9.48. The molecule has 0 atom stereocenters. The second-order valence-electron chi connectivity index (χ2n) is 6.35. The average Bonchev–Trinajstić information content (AvgIpc) is 2.43. The van der Waals surface area contributed by atoms with E-state index in [1.165, 1.54) is 83.7 Å². The number of alkyl halides is 1. The topological polar surface area (TPSA) is 3.24 Å². The van der Waals surface area contributed by atoms with E-state index in [1.54, 1.807) is 0 Å². The molecule has 0 aliphatic rings. The fourth-order valence-electron chi connectivity index (χ4n) is 2.69. The van der Waals surface area contributed by atoms with Crippen LogP contribution in [0.5, 0.6) is 0 Å². The smallest absolute Gasteiger partial charge is 0.00434 e. The molecule has 0 saturated carbocycles. The predicted octanol–water partition coefficient (Wildman–Crippen LogP) is 6.40. The maximum atomic E-state index is 3.53. The number of halogens is 1. The van der Waals surface area contributed by atoms with E-state index in [0.29, 0.717) is 6.04 Å². The van der Waals surface area contributed by atoms with Crippen LogP contribution >= 0.6 is 15.9 Å². The minimum atomic E-state index is 0.701. The highest BCUT2D eigenvalue weighted by Gasteiger charge is 2.07. The van der Waals surface area contributed by atoms with Gasteiger partial charge in [-0.1, -0.05) is 80.6 Å². The van der Waals surface area contributed by atoms with Crippen LogP contribution in [-0.4, -0.2) is 29.4 Å². The summed E-state index contributed by atoms with van der Waals surface area (Å²) in [4.78, 5) is 2.63. The second kappa shape index (κ2) is 15.8. The van der Waals surface area contributed by atoms with E-state index in [0.717, 1.165) is 5.33 Å². The zero-order valence-corrected chi connectivity index (χ0v) is 15.9. The number of rotatable bonds is 15. The molecule has 1 nitrogen and oxygen atoms in total. The maximum absolute atomic E-state index is 3.53. The molecule has 20 heavy (non-hydrogen) atoms. The molecule has 0 fully saturated rings. The highest BCUT2D eigenvalue weighted by Crippen LogP contribution is 2.11. The van der Waals surface area contributed by atoms with Crippen LogP contribution in [0.15, 0.2) is 0 Å². The van der Waals surface area contributed by atoms with Gasteiger partial charge in [-0.15, -0.1) is 0 Å². The SMILES string of the molecule is CCCCCCCCCCCCN(CCCBr)C(C)C. The van der Waals surface area contributed by atoms with Crippen molar-refractivity contribution in [3.05, 3.63) is 0 Å². The Morgan fingerprint density at radius 1 is 0.700 bits per heavy atom. The Morgan fingerprint density at radius 2 is 1.15 bits per heavy atom. The van der Waals surface area contributed by atoms with Crippen LogP contribution in [0.2, 0.25) is 0 Å². The largest absolute Gasteiger partial charge is 0.301 e. The van der Waals surface area contributed by atoms with E-state index >= 15 is 0 Å². The lowest BCUT2D eigenvalue weighted by Gasteiger charge is -2.26. The Hall–Kier alpha value is 0.440. The van der Waals surface area contributed by atoms with Gasteiger partial charge >= 0.3 is 0 Å². The first-order valence-corrected chi connectivity index (χ1v) is 10.1. The fourth-order valence-corrected chi connectivity index (χ4v) is 2.94. The van der Waals surface area contributed by atoms with Crippen LogP contribution in [0.1, 0.15) is 91.4 Å². The number of hydrogen-bond donors (Lipinski definition) is 0. The number of nitrogens with zero attached hydrogens (tertiary/aromatic N) is 1. The standard InChI is InChI=1S/C18H38BrN/c1-4-5-6-7-8-9-10-11-12-13-16-20(18(2)3)17-14-15-19/h18H,4-17H2,1-3H3. The summed E-state index contributed by atoms with van der Waals surface area (Å²) in [5.74, 6) is 0. The summed E-state index contributed by atoms with van der Waals surface area (Å²) in [5.41, 5.74) is 0. The molecule has 0 aliphatic carbocycles. The first kappa shape index (κ1) is 20.4. The van der Waals surface area contributed by atoms with Gasteiger partial charge in [0.2, 0.25) is 0 Å². The Kier molecular flexibility index (Phi) is 16.2. The molecule has 0 bridgehead atoms. The van der Waals surface area contributed by atoms with Crippen LogP contribution in [0.25, 0.3) is 0 Å². The van der Waals surface area contributed by atoms with E-state index in [2.05, 4.69) is 41.6 Å². The lowest BCUT2D eigenvalue weighted by molar-refractivity contribution is 0.218. The fraction of sp³-hybridized carbons (Fsp3) is 1.00. The molecule has 0 aliphatic heterocycles. The van der Waals surface area contributed by atoms with E-state index in [9.17, 15) is 0 Å². The molecule has 0 unspecified atom stereocenters. The van der Waals surface area contributed by atoms with Crippen molar-refractivity contribution < 1.29 is 0 Å². The molecule has 0 radical (unpaired) electrons. The van der Waals surface area contributed by atoms with Gasteiger partial charge < -0.3 is 4.90 Å². The molecule has 2 heteroatoms. The van der Waals surface area contributed by atoms with Crippen LogP contribution in [-0.2, 0) is 0 Å². The third kappa shape index (κ3) is 13.4. The van der Waals surface area contributed by atoms with E-state index in [4.69, 9.17) is 0 Å². The quantitative estimate of drug-likeness (QED) is 0.244. The summed E-state index contributed by atoms with van der Waals surface area (Å²) in [6, 6.07) is 0.701. The summed E-state index contributed by atoms with van der Waals surface area (Å²) in [6.07, 6.45) is 15.6. The summed E-state index contributed by atoms with van der Waals surface area (Å²) >= 11 is 3.53. The normalized spacial score (nSPS) is 11.7. The zero-order chi connectivity index (χ0) is 15.1. The molecule has 0 aromatic rings. The summed E-state index contributed by atoms with van der Waals surface area (Å²) in [7, 11) is 0. The molecular formula is C18H38BrN. The van der Waals surface area contributed by atoms with Gasteiger partial charge in [-0.05, 0) is 39.8 Å². The zero-order valence-electron chi connectivity index (χ0n) is 14.3. The van der Waals surface area contributed by atoms with Crippen molar-refractivity contribution in [2.24, 2.45) is 0 Å². The first-order valence-electron chi connectivity index (χ1n) is 9.02. The van der Waals surface area contributed by atoms with Gasteiger partial charge in [-0.3, -0.25) is 0 Å². The third-order valence-corrected chi connectivity index (χ3v) is 4.67. The van der Waals surface area contributed by atoms with Crippen molar-refractivity contribution in [2.45, 2.75) is 97.4 Å². The van der Waals surface area contributed by atoms with Crippen LogP contribution in [0.4, 0.5) is 0 Å². The van der Waals surface area contributed by atoms with Gasteiger partial charge in [-0.2, -0.15) is 0 Å². The van der Waals surface area contributed by atoms with Crippen molar-refractivity contribution in [2.75, 3.05) is 18.4 Å². The molecule has 0 aromatic heterocycles. The van der Waals surface area contributed by atoms with Gasteiger partial charge in [0.1, 0.15) is 0 Å². The number of unbranched alkanes of at least 4 members (excludes halogenated alkanes) is 9. The maximum Gasteiger partial charge on any atom is 0.00434 e. The van der Waals surface area contributed by atoms with Gasteiger partial charge in [-0.25, -0.2) is 0 Å². The van der Waals surface area contributed by atoms with Crippen LogP contribution in [0, 0.1) is 0 Å². The van der Waals surface area contributed by atoms with Crippen molar-refractivity contribution >= 4 is 15.9 Å². The first-order chi connectivity index (χ1) is 9.72. The monoisotopic (exact) mass is 347 g/mol. The minimum absolute atomic E-state index is 0.701. The summed E-state index contributed by atoms with van der Waals surface area (Å²) < 4.78 is 0. The van der Waals surface area contributed by atoms with E-state index in [1.807, 2.05) is 0 Å². The molecular weight excluding hydrogens is 310 g/mol. The van der Waals surface area contributed by atoms with Crippen molar-refractivity contribution in [3.63, 3.8) is 0 Å². The van der Waals surface area contributed by atoms with Crippen LogP contribution < -0.4 is 0 Å². The molecule has 0 amide bonds. The van der Waals surface area contributed by atoms with Crippen molar-refractivity contribution in [1.29, 1.82) is 0 Å². The number of hydrogen-bond acceptors (Lipinski definition) is 1. The Labute approximate surface area is 137 Å². The van der Waals surface area contributed by atoms with Gasteiger partial charge in [0, 0.05) is 11.4 Å². The van der Waals surface area contributed by atoms with Gasteiger partial charge in [0.25, 0.3) is 0 Å². The highest BCUT2D eigenvalue weighted by molar-refractivity contribution is 9.09. The second-order valence-corrected chi connectivity index (χ2v) is 7.15. The summed E-state index contributed by atoms with van der Waals surface area (Å²) in [5, 5.41) is 1.13. The van der Waals surface area contributed by atoms with E-state index in [-0.39, 0.29) is 0 Å². The van der Waals surface area contributed by atoms with Gasteiger partial charge in [0.05, 0.1) is 0 Å². The average molecular weight is 348 g/mol. The molecule has 122 valence electrons. The molecule has 0 saturated heterocycles. The van der Waals surface area contributed by atoms with Crippen LogP contribution in [0.3, 0.4) is 0 Å². The minimum Gasteiger partial charge on any atom is -0.301 e.